The summed E-state index contributed by atoms with van der Waals surface area (Å²) in [5, 5.41) is 20.5. The van der Waals surface area contributed by atoms with Gasteiger partial charge in [0.2, 0.25) is 0 Å². The third kappa shape index (κ3) is 5.76. The number of fused-ring (bicyclic) bond motifs is 1. The number of benzene rings is 3. The van der Waals surface area contributed by atoms with E-state index in [4.69, 9.17) is 9.15 Å². The van der Waals surface area contributed by atoms with Crippen molar-refractivity contribution >= 4 is 28.8 Å². The van der Waals surface area contributed by atoms with Crippen molar-refractivity contribution in [2.45, 2.75) is 31.8 Å². The van der Waals surface area contributed by atoms with Gasteiger partial charge in [-0.25, -0.2) is 14.6 Å². The lowest BCUT2D eigenvalue weighted by Crippen LogP contribution is -2.27. The van der Waals surface area contributed by atoms with Gasteiger partial charge in [0.25, 0.3) is 0 Å². The first-order chi connectivity index (χ1) is 16.9. The van der Waals surface area contributed by atoms with Crippen molar-refractivity contribution in [2.24, 2.45) is 4.99 Å². The van der Waals surface area contributed by atoms with E-state index in [0.717, 1.165) is 11.1 Å². The van der Waals surface area contributed by atoms with Crippen LogP contribution in [0.3, 0.4) is 0 Å². The number of aryl methyl sites for hydroxylation is 1. The zero-order valence-corrected chi connectivity index (χ0v) is 19.1. The summed E-state index contributed by atoms with van der Waals surface area (Å²) in [7, 11) is 0. The molecular weight excluding hydrogens is 446 g/mol. The molecule has 0 spiro atoms. The van der Waals surface area contributed by atoms with Gasteiger partial charge in [0.1, 0.15) is 11.3 Å². The van der Waals surface area contributed by atoms with Crippen molar-refractivity contribution in [1.29, 1.82) is 0 Å². The Kier molecular flexibility index (Phi) is 7.26. The van der Waals surface area contributed by atoms with E-state index >= 15 is 0 Å². The van der Waals surface area contributed by atoms with Gasteiger partial charge in [-0.15, -0.1) is 0 Å². The van der Waals surface area contributed by atoms with Crippen LogP contribution < -0.4 is 10.4 Å². The molecule has 7 nitrogen and oxygen atoms in total. The van der Waals surface area contributed by atoms with E-state index in [1.54, 1.807) is 6.21 Å². The number of carboxylic acid groups (broad SMARTS) is 1. The van der Waals surface area contributed by atoms with E-state index in [-0.39, 0.29) is 40.5 Å². The van der Waals surface area contributed by atoms with Gasteiger partial charge >= 0.3 is 11.6 Å². The van der Waals surface area contributed by atoms with Gasteiger partial charge < -0.3 is 19.4 Å². The van der Waals surface area contributed by atoms with Crippen LogP contribution in [0, 0.1) is 0 Å². The zero-order chi connectivity index (χ0) is 24.8. The normalized spacial score (nSPS) is 13.1. The molecule has 4 rings (SSSR count). The molecule has 0 aliphatic carbocycles. The monoisotopic (exact) mass is 471 g/mol. The third-order valence-corrected chi connectivity index (χ3v) is 5.67. The molecule has 0 aliphatic rings. The summed E-state index contributed by atoms with van der Waals surface area (Å²) < 4.78 is 11.0. The molecule has 7 heteroatoms. The molecule has 1 unspecified atom stereocenters. The number of aliphatic carboxylic acids is 1. The summed E-state index contributed by atoms with van der Waals surface area (Å²) in [4.78, 5) is 28.4. The Morgan fingerprint density at radius 1 is 1.06 bits per heavy atom. The molecule has 1 heterocycles. The van der Waals surface area contributed by atoms with E-state index in [1.807, 2.05) is 67.6 Å². The predicted octanol–water partition coefficient (Wildman–Crippen LogP) is 5.47. The van der Waals surface area contributed by atoms with Crippen LogP contribution in [0.25, 0.3) is 11.0 Å². The van der Waals surface area contributed by atoms with Gasteiger partial charge in [0.05, 0.1) is 5.39 Å². The zero-order valence-electron chi connectivity index (χ0n) is 19.1. The summed E-state index contributed by atoms with van der Waals surface area (Å²) in [6.45, 7) is 1.93. The number of hydrogen-bond donors (Lipinski definition) is 2. The first-order valence-corrected chi connectivity index (χ1v) is 11.2. The second kappa shape index (κ2) is 10.7. The highest BCUT2D eigenvalue weighted by Crippen LogP contribution is 2.34. The minimum atomic E-state index is -1.09. The Bertz CT molecular complexity index is 1400. The number of hydrogen-bond acceptors (Lipinski definition) is 6. The van der Waals surface area contributed by atoms with Gasteiger partial charge in [0.15, 0.2) is 17.5 Å². The average Bonchev–Trinajstić information content (AvgIpc) is 2.87. The molecule has 1 aromatic heterocycles. The molecule has 0 saturated carbocycles. The number of carboxylic acids is 1. The van der Waals surface area contributed by atoms with Crippen LogP contribution in [-0.2, 0) is 11.2 Å². The SMILES string of the molecule is C[C@@H](C=Nc1c(O)c2ccc(OC(CCc3ccccc3)C(=O)O)cc2oc1=O)c1ccccc1. The van der Waals surface area contributed by atoms with Crippen molar-refractivity contribution in [3.8, 4) is 11.5 Å². The summed E-state index contributed by atoms with van der Waals surface area (Å²) in [5.74, 6) is -1.26. The van der Waals surface area contributed by atoms with Crippen LogP contribution in [0.1, 0.15) is 30.4 Å². The van der Waals surface area contributed by atoms with Crippen LogP contribution in [-0.4, -0.2) is 28.5 Å². The topological polar surface area (TPSA) is 109 Å². The van der Waals surface area contributed by atoms with Crippen LogP contribution in [0.15, 0.2) is 93.1 Å². The average molecular weight is 472 g/mol. The minimum Gasteiger partial charge on any atom is -0.505 e. The van der Waals surface area contributed by atoms with Crippen LogP contribution in [0.4, 0.5) is 5.69 Å². The molecule has 178 valence electrons. The Morgan fingerprint density at radius 2 is 1.74 bits per heavy atom. The first kappa shape index (κ1) is 23.8. The van der Waals surface area contributed by atoms with Crippen molar-refractivity contribution in [1.82, 2.24) is 0 Å². The molecule has 4 aromatic rings. The highest BCUT2D eigenvalue weighted by molar-refractivity contribution is 5.89. The molecule has 0 aliphatic heterocycles. The Balaban J connectivity index is 1.54. The van der Waals surface area contributed by atoms with E-state index in [9.17, 15) is 19.8 Å². The minimum absolute atomic E-state index is 0.0762. The molecule has 0 fully saturated rings. The predicted molar refractivity (Wildman–Crippen MR) is 134 cm³/mol. The van der Waals surface area contributed by atoms with Crippen LogP contribution in [0.5, 0.6) is 11.5 Å². The van der Waals surface area contributed by atoms with Gasteiger partial charge in [-0.3, -0.25) is 0 Å². The van der Waals surface area contributed by atoms with Gasteiger partial charge in [-0.1, -0.05) is 67.6 Å². The van der Waals surface area contributed by atoms with Crippen LogP contribution in [0.2, 0.25) is 0 Å². The number of nitrogens with zero attached hydrogens (tertiary/aromatic N) is 1. The fourth-order valence-electron chi connectivity index (χ4n) is 3.71. The number of aliphatic imine (C=N–C) groups is 1. The molecule has 35 heavy (non-hydrogen) atoms. The maximum atomic E-state index is 12.5. The van der Waals surface area contributed by atoms with Gasteiger partial charge in [-0.2, -0.15) is 0 Å². The quantitative estimate of drug-likeness (QED) is 0.247. The van der Waals surface area contributed by atoms with Gasteiger partial charge in [-0.05, 0) is 36.1 Å². The van der Waals surface area contributed by atoms with Crippen molar-refractivity contribution in [2.75, 3.05) is 0 Å². The maximum absolute atomic E-state index is 12.5. The Morgan fingerprint density at radius 3 is 2.43 bits per heavy atom. The van der Waals surface area contributed by atoms with Gasteiger partial charge in [0, 0.05) is 18.2 Å². The summed E-state index contributed by atoms with van der Waals surface area (Å²) >= 11 is 0. The summed E-state index contributed by atoms with van der Waals surface area (Å²) in [5.41, 5.74) is 1.10. The lowest BCUT2D eigenvalue weighted by Gasteiger charge is -2.15. The lowest BCUT2D eigenvalue weighted by molar-refractivity contribution is -0.145. The smallest absolute Gasteiger partial charge is 0.366 e. The van der Waals surface area contributed by atoms with Crippen LogP contribution >= 0.6 is 0 Å². The van der Waals surface area contributed by atoms with Crippen molar-refractivity contribution < 1.29 is 24.2 Å². The van der Waals surface area contributed by atoms with Crippen molar-refractivity contribution in [3.05, 3.63) is 100 Å². The highest BCUT2D eigenvalue weighted by Gasteiger charge is 2.21. The maximum Gasteiger partial charge on any atom is 0.366 e. The molecule has 0 amide bonds. The fourth-order valence-corrected chi connectivity index (χ4v) is 3.71. The standard InChI is InChI=1S/C28H25NO6/c1-18(20-10-6-3-7-11-20)17-29-25-26(30)22-14-13-21(16-24(22)35-28(25)33)34-23(27(31)32)15-12-19-8-4-2-5-9-19/h2-11,13-14,16-18,23,30H,12,15H2,1H3,(H,31,32)/t18-,23?/m0/s1. The number of aromatic hydroxyl groups is 1. The summed E-state index contributed by atoms with van der Waals surface area (Å²) in [6, 6.07) is 23.6. The third-order valence-electron chi connectivity index (χ3n) is 5.67. The second-order valence-electron chi connectivity index (χ2n) is 8.19. The second-order valence-corrected chi connectivity index (χ2v) is 8.19. The Hall–Kier alpha value is -4.39. The summed E-state index contributed by atoms with van der Waals surface area (Å²) in [6.07, 6.45) is 1.29. The molecular formula is C28H25NO6. The largest absolute Gasteiger partial charge is 0.505 e. The fraction of sp³-hybridized carbons (Fsp3) is 0.179. The molecule has 0 bridgehead atoms. The number of rotatable bonds is 9. The molecule has 2 atom stereocenters. The molecule has 0 radical (unpaired) electrons. The highest BCUT2D eigenvalue weighted by atomic mass is 16.5. The van der Waals surface area contributed by atoms with Crippen molar-refractivity contribution in [3.63, 3.8) is 0 Å². The number of carbonyl (C=O) groups is 1. The molecule has 3 aromatic carbocycles. The number of ether oxygens (including phenoxy) is 1. The van der Waals surface area contributed by atoms with E-state index in [2.05, 4.69) is 4.99 Å². The van der Waals surface area contributed by atoms with E-state index < -0.39 is 17.7 Å². The molecule has 2 N–H and O–H groups in total. The lowest BCUT2D eigenvalue weighted by atomic mass is 10.0. The van der Waals surface area contributed by atoms with E-state index in [1.165, 1.54) is 18.2 Å². The Labute approximate surface area is 202 Å². The molecule has 0 saturated heterocycles. The first-order valence-electron chi connectivity index (χ1n) is 11.2. The van der Waals surface area contributed by atoms with E-state index in [0.29, 0.717) is 6.42 Å².